The molecule has 74 valence electrons. The second kappa shape index (κ2) is 3.69. The Bertz CT molecular complexity index is 219. The highest BCUT2D eigenvalue weighted by Crippen LogP contribution is 2.29. The van der Waals surface area contributed by atoms with Crippen LogP contribution in [0.4, 0.5) is 0 Å². The molecule has 0 unspecified atom stereocenters. The number of terminal acetylenes is 1. The van der Waals surface area contributed by atoms with E-state index in [-0.39, 0.29) is 11.0 Å². The van der Waals surface area contributed by atoms with Gasteiger partial charge in [-0.3, -0.25) is 0 Å². The monoisotopic (exact) mass is 180 g/mol. The van der Waals surface area contributed by atoms with Gasteiger partial charge in [-0.25, -0.2) is 0 Å². The Kier molecular flexibility index (Phi) is 3.00. The minimum absolute atomic E-state index is 0.0208. The van der Waals surface area contributed by atoms with Crippen LogP contribution in [-0.4, -0.2) is 18.6 Å². The van der Waals surface area contributed by atoms with E-state index >= 15 is 0 Å². The van der Waals surface area contributed by atoms with Gasteiger partial charge in [0.2, 0.25) is 0 Å². The van der Waals surface area contributed by atoms with Gasteiger partial charge in [-0.05, 0) is 26.7 Å². The molecule has 0 aromatic carbocycles. The third-order valence-corrected chi connectivity index (χ3v) is 3.16. The van der Waals surface area contributed by atoms with Crippen LogP contribution in [0.5, 0.6) is 0 Å². The molecule has 1 heterocycles. The van der Waals surface area contributed by atoms with Crippen LogP contribution in [0.2, 0.25) is 0 Å². The maximum atomic E-state index is 5.72. The first-order chi connectivity index (χ1) is 6.04. The lowest BCUT2D eigenvalue weighted by Gasteiger charge is -2.29. The molecule has 2 heteroatoms. The highest BCUT2D eigenvalue weighted by atomic mass is 15.0. The molecule has 0 aromatic rings. The van der Waals surface area contributed by atoms with Gasteiger partial charge in [0.1, 0.15) is 0 Å². The zero-order valence-electron chi connectivity index (χ0n) is 8.69. The van der Waals surface area contributed by atoms with Gasteiger partial charge in [-0.2, -0.15) is 0 Å². The largest absolute Gasteiger partial charge is 0.329 e. The third kappa shape index (κ3) is 2.46. The second-order valence-corrected chi connectivity index (χ2v) is 4.68. The molecule has 1 aliphatic heterocycles. The zero-order chi connectivity index (χ0) is 9.95. The van der Waals surface area contributed by atoms with E-state index in [1.54, 1.807) is 0 Å². The van der Waals surface area contributed by atoms with Gasteiger partial charge in [-0.1, -0.05) is 12.3 Å². The molecule has 0 saturated carbocycles. The van der Waals surface area contributed by atoms with Crippen molar-refractivity contribution in [2.75, 3.05) is 13.1 Å². The first kappa shape index (κ1) is 10.6. The molecule has 3 N–H and O–H groups in total. The van der Waals surface area contributed by atoms with Crippen molar-refractivity contribution >= 4 is 0 Å². The summed E-state index contributed by atoms with van der Waals surface area (Å²) in [6.45, 7) is 5.89. The molecule has 1 rings (SSSR count). The second-order valence-electron chi connectivity index (χ2n) is 4.68. The third-order valence-electron chi connectivity index (χ3n) is 3.16. The Morgan fingerprint density at radius 1 is 1.46 bits per heavy atom. The molecule has 2 atom stereocenters. The number of nitrogens with two attached hydrogens (primary N) is 1. The van der Waals surface area contributed by atoms with Gasteiger partial charge < -0.3 is 11.1 Å². The van der Waals surface area contributed by atoms with Gasteiger partial charge in [-0.15, -0.1) is 6.42 Å². The molecule has 0 aromatic heterocycles. The highest BCUT2D eigenvalue weighted by molar-refractivity contribution is 5.07. The van der Waals surface area contributed by atoms with Crippen LogP contribution >= 0.6 is 0 Å². The van der Waals surface area contributed by atoms with Crippen molar-refractivity contribution in [1.82, 2.24) is 5.32 Å². The summed E-state index contributed by atoms with van der Waals surface area (Å²) < 4.78 is 0. The van der Waals surface area contributed by atoms with E-state index in [0.717, 1.165) is 19.4 Å². The van der Waals surface area contributed by atoms with Crippen molar-refractivity contribution in [3.8, 4) is 12.3 Å². The van der Waals surface area contributed by atoms with Crippen molar-refractivity contribution in [2.24, 2.45) is 11.1 Å². The molecule has 0 bridgehead atoms. The van der Waals surface area contributed by atoms with Crippen molar-refractivity contribution in [2.45, 2.75) is 38.6 Å². The van der Waals surface area contributed by atoms with E-state index in [9.17, 15) is 0 Å². The molecule has 0 spiro atoms. The lowest BCUT2D eigenvalue weighted by atomic mass is 9.87. The number of rotatable bonds is 1. The van der Waals surface area contributed by atoms with Gasteiger partial charge in [0.15, 0.2) is 0 Å². The SMILES string of the molecule is C#C[C@]1(C)CCC[C@@](C)(CN)NC1. The standard InChI is InChI=1S/C11H20N2/c1-4-10(2)6-5-7-11(3,8-12)13-9-10/h1,13H,5-9,12H2,2-3H3/t10-,11+/m1/s1. The van der Waals surface area contributed by atoms with Crippen molar-refractivity contribution in [3.05, 3.63) is 0 Å². The predicted molar refractivity (Wildman–Crippen MR) is 56.3 cm³/mol. The fourth-order valence-corrected chi connectivity index (χ4v) is 1.75. The van der Waals surface area contributed by atoms with Gasteiger partial charge in [0.25, 0.3) is 0 Å². The summed E-state index contributed by atoms with van der Waals surface area (Å²) >= 11 is 0. The molecule has 1 aliphatic rings. The number of nitrogens with one attached hydrogen (secondary N) is 1. The highest BCUT2D eigenvalue weighted by Gasteiger charge is 2.31. The molecular weight excluding hydrogens is 160 g/mol. The summed E-state index contributed by atoms with van der Waals surface area (Å²) in [6.07, 6.45) is 8.91. The van der Waals surface area contributed by atoms with E-state index in [0.29, 0.717) is 6.54 Å². The smallest absolute Gasteiger partial charge is 0.0408 e. The average molecular weight is 180 g/mol. The Morgan fingerprint density at radius 3 is 2.69 bits per heavy atom. The van der Waals surface area contributed by atoms with Gasteiger partial charge >= 0.3 is 0 Å². The fourth-order valence-electron chi connectivity index (χ4n) is 1.75. The quantitative estimate of drug-likeness (QED) is 0.593. The van der Waals surface area contributed by atoms with E-state index in [4.69, 9.17) is 12.2 Å². The summed E-state index contributed by atoms with van der Waals surface area (Å²) in [7, 11) is 0. The van der Waals surface area contributed by atoms with E-state index in [2.05, 4.69) is 25.1 Å². The molecule has 13 heavy (non-hydrogen) atoms. The van der Waals surface area contributed by atoms with E-state index < -0.39 is 0 Å². The number of hydrogen-bond donors (Lipinski definition) is 2. The summed E-state index contributed by atoms with van der Waals surface area (Å²) in [5.41, 5.74) is 5.84. The Morgan fingerprint density at radius 2 is 2.15 bits per heavy atom. The molecule has 1 fully saturated rings. The minimum atomic E-state index is 0.0208. The molecule has 0 amide bonds. The summed E-state index contributed by atoms with van der Waals surface area (Å²) in [5.74, 6) is 2.88. The van der Waals surface area contributed by atoms with Crippen molar-refractivity contribution < 1.29 is 0 Å². The van der Waals surface area contributed by atoms with Gasteiger partial charge in [0.05, 0.1) is 0 Å². The summed E-state index contributed by atoms with van der Waals surface area (Å²) in [4.78, 5) is 0. The first-order valence-corrected chi connectivity index (χ1v) is 4.96. The molecular formula is C11H20N2. The molecule has 2 nitrogen and oxygen atoms in total. The topological polar surface area (TPSA) is 38.0 Å². The first-order valence-electron chi connectivity index (χ1n) is 4.96. The van der Waals surface area contributed by atoms with Crippen LogP contribution in [0.3, 0.4) is 0 Å². The lowest BCUT2D eigenvalue weighted by Crippen LogP contribution is -2.49. The Labute approximate surface area is 81.3 Å². The lowest BCUT2D eigenvalue weighted by molar-refractivity contribution is 0.335. The van der Waals surface area contributed by atoms with Gasteiger partial charge in [0, 0.05) is 24.0 Å². The summed E-state index contributed by atoms with van der Waals surface area (Å²) in [5, 5.41) is 3.48. The molecule has 0 radical (unpaired) electrons. The van der Waals surface area contributed by atoms with E-state index in [1.807, 2.05) is 0 Å². The van der Waals surface area contributed by atoms with Crippen LogP contribution in [0.1, 0.15) is 33.1 Å². The van der Waals surface area contributed by atoms with Crippen molar-refractivity contribution in [1.29, 1.82) is 0 Å². The van der Waals surface area contributed by atoms with Crippen LogP contribution in [0, 0.1) is 17.8 Å². The minimum Gasteiger partial charge on any atom is -0.329 e. The zero-order valence-corrected chi connectivity index (χ0v) is 8.69. The molecule has 0 aliphatic carbocycles. The van der Waals surface area contributed by atoms with Crippen molar-refractivity contribution in [3.63, 3.8) is 0 Å². The van der Waals surface area contributed by atoms with Crippen LogP contribution in [0.15, 0.2) is 0 Å². The van der Waals surface area contributed by atoms with Crippen LogP contribution in [0.25, 0.3) is 0 Å². The fraction of sp³-hybridized carbons (Fsp3) is 0.818. The van der Waals surface area contributed by atoms with E-state index in [1.165, 1.54) is 6.42 Å². The maximum Gasteiger partial charge on any atom is 0.0408 e. The summed E-state index contributed by atoms with van der Waals surface area (Å²) in [6, 6.07) is 0. The molecule has 1 saturated heterocycles. The van der Waals surface area contributed by atoms with Crippen LogP contribution < -0.4 is 11.1 Å². The number of hydrogen-bond acceptors (Lipinski definition) is 2. The maximum absolute atomic E-state index is 5.72. The van der Waals surface area contributed by atoms with Crippen LogP contribution in [-0.2, 0) is 0 Å². The average Bonchev–Trinajstić information content (AvgIpc) is 2.29. The normalized spacial score (nSPS) is 40.8. The predicted octanol–water partition coefficient (Wildman–Crippen LogP) is 1.12. The Hall–Kier alpha value is -0.520. The Balaban J connectivity index is 2.65.